The summed E-state index contributed by atoms with van der Waals surface area (Å²) in [7, 11) is 0. The number of hydrogen-bond acceptors (Lipinski definition) is 2. The highest BCUT2D eigenvalue weighted by Gasteiger charge is 2.12. The Morgan fingerprint density at radius 3 is 1.33 bits per heavy atom. The van der Waals surface area contributed by atoms with Crippen LogP contribution in [-0.2, 0) is 6.42 Å². The Bertz CT molecular complexity index is 2040. The van der Waals surface area contributed by atoms with Crippen molar-refractivity contribution in [3.63, 3.8) is 0 Å². The Kier molecular flexibility index (Phi) is 8.41. The summed E-state index contributed by atoms with van der Waals surface area (Å²) in [6.45, 7) is 6.60. The van der Waals surface area contributed by atoms with Crippen LogP contribution in [0.3, 0.4) is 0 Å². The SMILES string of the molecule is CCc1cc(-c2ccc(C(C)c3ccc(-c4ccc(-c5ccc(C#N)cc5)c(C)c4)cc3)cc2)ccc1-c1ccc(C#N)cc1. The van der Waals surface area contributed by atoms with Crippen LogP contribution in [0.1, 0.15) is 53.1 Å². The lowest BCUT2D eigenvalue weighted by Crippen LogP contribution is -1.96. The molecule has 0 radical (unpaired) electrons. The number of nitrogens with zero attached hydrogens (tertiary/aromatic N) is 2. The quantitative estimate of drug-likeness (QED) is 0.189. The van der Waals surface area contributed by atoms with Gasteiger partial charge in [0.1, 0.15) is 0 Å². The normalized spacial score (nSPS) is 11.4. The fraction of sp³-hybridized carbons (Fsp3) is 0.116. The fourth-order valence-electron chi connectivity index (χ4n) is 6.08. The van der Waals surface area contributed by atoms with E-state index in [0.29, 0.717) is 11.1 Å². The molecule has 6 rings (SSSR count). The maximum Gasteiger partial charge on any atom is 0.0991 e. The molecule has 216 valence electrons. The summed E-state index contributed by atoms with van der Waals surface area (Å²) >= 11 is 0. The Morgan fingerprint density at radius 1 is 0.489 bits per heavy atom. The lowest BCUT2D eigenvalue weighted by atomic mass is 9.89. The first-order valence-corrected chi connectivity index (χ1v) is 15.4. The van der Waals surface area contributed by atoms with Gasteiger partial charge in [0.15, 0.2) is 0 Å². The smallest absolute Gasteiger partial charge is 0.0991 e. The zero-order valence-electron chi connectivity index (χ0n) is 25.9. The van der Waals surface area contributed by atoms with E-state index in [0.717, 1.165) is 17.5 Å². The molecule has 0 bridgehead atoms. The highest BCUT2D eigenvalue weighted by molar-refractivity contribution is 5.75. The molecule has 0 saturated carbocycles. The molecule has 1 atom stereocenters. The van der Waals surface area contributed by atoms with Crippen molar-refractivity contribution in [2.45, 2.75) is 33.1 Å². The number of hydrogen-bond donors (Lipinski definition) is 0. The van der Waals surface area contributed by atoms with Gasteiger partial charge in [0.25, 0.3) is 0 Å². The molecule has 0 aromatic heterocycles. The Morgan fingerprint density at radius 2 is 0.889 bits per heavy atom. The molecule has 0 amide bonds. The van der Waals surface area contributed by atoms with Crippen LogP contribution in [0.2, 0.25) is 0 Å². The van der Waals surface area contributed by atoms with Gasteiger partial charge in [-0.05, 0) is 104 Å². The van der Waals surface area contributed by atoms with E-state index in [1.165, 1.54) is 55.6 Å². The first-order chi connectivity index (χ1) is 22.0. The predicted octanol–water partition coefficient (Wildman–Crippen LogP) is 11.1. The molecule has 0 saturated heterocycles. The van der Waals surface area contributed by atoms with Gasteiger partial charge in [0, 0.05) is 5.92 Å². The van der Waals surface area contributed by atoms with Gasteiger partial charge in [-0.25, -0.2) is 0 Å². The van der Waals surface area contributed by atoms with Crippen LogP contribution < -0.4 is 0 Å². The zero-order chi connectivity index (χ0) is 31.3. The largest absolute Gasteiger partial charge is 0.192 e. The summed E-state index contributed by atoms with van der Waals surface area (Å²) < 4.78 is 0. The second kappa shape index (κ2) is 12.9. The Labute approximate surface area is 266 Å². The van der Waals surface area contributed by atoms with Crippen LogP contribution in [0.5, 0.6) is 0 Å². The minimum absolute atomic E-state index is 0.276. The second-order valence-electron chi connectivity index (χ2n) is 11.6. The van der Waals surface area contributed by atoms with Crippen LogP contribution in [-0.4, -0.2) is 0 Å². The standard InChI is InChI=1S/C43H34N2/c1-4-33-26-41(22-24-43(33)39-11-7-32(28-45)8-12-39)37-19-15-35(16-20-37)30(3)34-13-17-36(18-14-34)40-21-23-42(29(2)25-40)38-9-5-31(27-44)6-10-38/h5-26,30H,4H2,1-3H3. The third-order valence-corrected chi connectivity index (χ3v) is 8.85. The van der Waals surface area contributed by atoms with Gasteiger partial charge in [-0.15, -0.1) is 0 Å². The van der Waals surface area contributed by atoms with Crippen molar-refractivity contribution in [3.8, 4) is 56.6 Å². The molecule has 2 nitrogen and oxygen atoms in total. The van der Waals surface area contributed by atoms with Gasteiger partial charge in [-0.2, -0.15) is 10.5 Å². The van der Waals surface area contributed by atoms with Crippen LogP contribution in [0.25, 0.3) is 44.5 Å². The summed E-state index contributed by atoms with van der Waals surface area (Å²) in [5, 5.41) is 18.2. The highest BCUT2D eigenvalue weighted by Crippen LogP contribution is 2.33. The molecule has 0 spiro atoms. The lowest BCUT2D eigenvalue weighted by Gasteiger charge is -2.15. The van der Waals surface area contributed by atoms with Crippen molar-refractivity contribution in [1.29, 1.82) is 10.5 Å². The minimum atomic E-state index is 0.276. The molecular weight excluding hydrogens is 544 g/mol. The highest BCUT2D eigenvalue weighted by atomic mass is 14.2. The molecule has 0 aliphatic rings. The molecule has 6 aromatic rings. The summed E-state index contributed by atoms with van der Waals surface area (Å²) in [6, 6.07) is 51.2. The average Bonchev–Trinajstić information content (AvgIpc) is 3.11. The van der Waals surface area contributed by atoms with Crippen molar-refractivity contribution in [2.75, 3.05) is 0 Å². The predicted molar refractivity (Wildman–Crippen MR) is 186 cm³/mol. The van der Waals surface area contributed by atoms with E-state index in [1.54, 1.807) is 0 Å². The monoisotopic (exact) mass is 578 g/mol. The van der Waals surface area contributed by atoms with Crippen molar-refractivity contribution >= 4 is 0 Å². The average molecular weight is 579 g/mol. The van der Waals surface area contributed by atoms with E-state index < -0.39 is 0 Å². The van der Waals surface area contributed by atoms with Gasteiger partial charge in [0.05, 0.1) is 23.3 Å². The zero-order valence-corrected chi connectivity index (χ0v) is 25.9. The van der Waals surface area contributed by atoms with Gasteiger partial charge in [0.2, 0.25) is 0 Å². The first kappa shape index (κ1) is 29.4. The van der Waals surface area contributed by atoms with Crippen LogP contribution in [0.4, 0.5) is 0 Å². The molecule has 2 heteroatoms. The topological polar surface area (TPSA) is 47.6 Å². The molecule has 0 N–H and O–H groups in total. The van der Waals surface area contributed by atoms with Crippen molar-refractivity contribution < 1.29 is 0 Å². The summed E-state index contributed by atoms with van der Waals surface area (Å²) in [5.74, 6) is 0.276. The molecular formula is C43H34N2. The molecule has 6 aromatic carbocycles. The number of aryl methyl sites for hydroxylation is 2. The van der Waals surface area contributed by atoms with E-state index >= 15 is 0 Å². The number of rotatable bonds is 7. The molecule has 45 heavy (non-hydrogen) atoms. The van der Waals surface area contributed by atoms with Crippen LogP contribution in [0, 0.1) is 29.6 Å². The van der Waals surface area contributed by atoms with Gasteiger partial charge in [-0.1, -0.05) is 123 Å². The van der Waals surface area contributed by atoms with E-state index in [4.69, 9.17) is 10.5 Å². The molecule has 0 aliphatic carbocycles. The van der Waals surface area contributed by atoms with Crippen molar-refractivity contribution in [3.05, 3.63) is 167 Å². The van der Waals surface area contributed by atoms with E-state index in [-0.39, 0.29) is 5.92 Å². The van der Waals surface area contributed by atoms with E-state index in [9.17, 15) is 0 Å². The molecule has 0 fully saturated rings. The van der Waals surface area contributed by atoms with Crippen LogP contribution >= 0.6 is 0 Å². The summed E-state index contributed by atoms with van der Waals surface area (Å²) in [5.41, 5.74) is 15.9. The summed E-state index contributed by atoms with van der Waals surface area (Å²) in [4.78, 5) is 0. The van der Waals surface area contributed by atoms with Gasteiger partial charge < -0.3 is 0 Å². The van der Waals surface area contributed by atoms with Crippen LogP contribution in [0.15, 0.2) is 133 Å². The maximum atomic E-state index is 9.14. The molecule has 0 heterocycles. The third kappa shape index (κ3) is 6.19. The number of nitriles is 2. The van der Waals surface area contributed by atoms with E-state index in [1.807, 2.05) is 48.5 Å². The Balaban J connectivity index is 1.17. The third-order valence-electron chi connectivity index (χ3n) is 8.85. The molecule has 1 unspecified atom stereocenters. The number of benzene rings is 6. The lowest BCUT2D eigenvalue weighted by molar-refractivity contribution is 0.923. The second-order valence-corrected chi connectivity index (χ2v) is 11.6. The van der Waals surface area contributed by atoms with Crippen molar-refractivity contribution in [2.24, 2.45) is 0 Å². The van der Waals surface area contributed by atoms with Crippen molar-refractivity contribution in [1.82, 2.24) is 0 Å². The minimum Gasteiger partial charge on any atom is -0.192 e. The summed E-state index contributed by atoms with van der Waals surface area (Å²) in [6.07, 6.45) is 0.940. The fourth-order valence-corrected chi connectivity index (χ4v) is 6.08. The van der Waals surface area contributed by atoms with E-state index in [2.05, 4.69) is 118 Å². The first-order valence-electron chi connectivity index (χ1n) is 15.4. The maximum absolute atomic E-state index is 9.14. The Hall–Kier alpha value is -5.70. The van der Waals surface area contributed by atoms with Gasteiger partial charge in [-0.3, -0.25) is 0 Å². The molecule has 0 aliphatic heterocycles. The van der Waals surface area contributed by atoms with Gasteiger partial charge >= 0.3 is 0 Å².